The zero-order chi connectivity index (χ0) is 19.8. The molecule has 1 unspecified atom stereocenters. The number of benzene rings is 2. The quantitative estimate of drug-likeness (QED) is 0.505. The fourth-order valence-corrected chi connectivity index (χ4v) is 3.34. The summed E-state index contributed by atoms with van der Waals surface area (Å²) in [6.07, 6.45) is 3.79. The van der Waals surface area contributed by atoms with Crippen molar-refractivity contribution >= 4 is 45.2 Å². The van der Waals surface area contributed by atoms with Crippen LogP contribution in [0.3, 0.4) is 0 Å². The molecule has 4 nitrogen and oxygen atoms in total. The van der Waals surface area contributed by atoms with E-state index in [1.165, 1.54) is 0 Å². The molecule has 27 heavy (non-hydrogen) atoms. The third kappa shape index (κ3) is 5.83. The number of amides is 1. The van der Waals surface area contributed by atoms with Crippen LogP contribution >= 0.6 is 27.5 Å². The number of carbonyl (C=O) groups excluding carboxylic acids is 1. The number of nitrogens with two attached hydrogens (primary N) is 1. The smallest absolute Gasteiger partial charge is 0.210 e. The van der Waals surface area contributed by atoms with Crippen LogP contribution in [-0.2, 0) is 9.53 Å². The van der Waals surface area contributed by atoms with E-state index in [9.17, 15) is 4.79 Å². The van der Waals surface area contributed by atoms with Crippen molar-refractivity contribution < 1.29 is 9.53 Å². The van der Waals surface area contributed by atoms with E-state index in [4.69, 9.17) is 17.3 Å². The molecule has 2 aromatic rings. The van der Waals surface area contributed by atoms with Crippen LogP contribution in [0.4, 0.5) is 5.69 Å². The Morgan fingerprint density at radius 3 is 2.56 bits per heavy atom. The number of methoxy groups -OCH3 is 1. The highest BCUT2D eigenvalue weighted by molar-refractivity contribution is 9.10. The van der Waals surface area contributed by atoms with Crippen molar-refractivity contribution in [1.82, 2.24) is 4.90 Å². The van der Waals surface area contributed by atoms with Gasteiger partial charge in [0.1, 0.15) is 0 Å². The fourth-order valence-electron chi connectivity index (χ4n) is 2.86. The Morgan fingerprint density at radius 1 is 1.30 bits per heavy atom. The Kier molecular flexibility index (Phi) is 8.35. The topological polar surface area (TPSA) is 55.6 Å². The summed E-state index contributed by atoms with van der Waals surface area (Å²) in [5.41, 5.74) is 10.1. The fraction of sp³-hybridized carbons (Fsp3) is 0.286. The van der Waals surface area contributed by atoms with Crippen LogP contribution in [0, 0.1) is 0 Å². The summed E-state index contributed by atoms with van der Waals surface area (Å²) < 4.78 is 5.53. The first-order chi connectivity index (χ1) is 13.0. The number of carbonyl (C=O) groups is 1. The zero-order valence-corrected chi connectivity index (χ0v) is 17.8. The molecule has 0 fully saturated rings. The second kappa shape index (κ2) is 10.5. The molecule has 1 atom stereocenters. The van der Waals surface area contributed by atoms with Gasteiger partial charge in [-0.1, -0.05) is 45.7 Å². The summed E-state index contributed by atoms with van der Waals surface area (Å²) >= 11 is 9.46. The molecule has 3 rings (SSSR count). The minimum atomic E-state index is -0.105. The van der Waals surface area contributed by atoms with Crippen molar-refractivity contribution in [3.63, 3.8) is 0 Å². The maximum atomic E-state index is 11.4. The van der Waals surface area contributed by atoms with Crippen LogP contribution in [0.25, 0.3) is 5.57 Å². The standard InChI is InChI=1S/C18H16BrClN2O.C3H8O/c19-14-3-6-17(21)16(10-14)13-7-8-22(11-23)18(9-13)12-1-4-15(20)5-2-12;1-3-4-2/h1-6,9-11,18H,7-8,21H2;3H2,1-2H3. The molecule has 2 N–H and O–H groups in total. The average molecular weight is 452 g/mol. The van der Waals surface area contributed by atoms with Crippen molar-refractivity contribution in [3.05, 3.63) is 69.2 Å². The van der Waals surface area contributed by atoms with Crippen LogP contribution in [0.5, 0.6) is 0 Å². The van der Waals surface area contributed by atoms with Gasteiger partial charge in [0.15, 0.2) is 0 Å². The van der Waals surface area contributed by atoms with Crippen molar-refractivity contribution in [2.45, 2.75) is 19.4 Å². The summed E-state index contributed by atoms with van der Waals surface area (Å²) in [5, 5.41) is 0.683. The molecule has 0 bridgehead atoms. The first kappa shape index (κ1) is 21.5. The van der Waals surface area contributed by atoms with E-state index in [-0.39, 0.29) is 6.04 Å². The average Bonchev–Trinajstić information content (AvgIpc) is 2.70. The molecule has 1 amide bonds. The van der Waals surface area contributed by atoms with E-state index in [1.807, 2.05) is 49.4 Å². The molecule has 1 heterocycles. The van der Waals surface area contributed by atoms with Crippen LogP contribution in [0.1, 0.15) is 30.5 Å². The first-order valence-electron chi connectivity index (χ1n) is 8.71. The summed E-state index contributed by atoms with van der Waals surface area (Å²) in [4.78, 5) is 13.2. The van der Waals surface area contributed by atoms with Crippen LogP contribution < -0.4 is 5.73 Å². The van der Waals surface area contributed by atoms with E-state index in [0.29, 0.717) is 11.6 Å². The van der Waals surface area contributed by atoms with E-state index in [2.05, 4.69) is 26.7 Å². The van der Waals surface area contributed by atoms with Crippen LogP contribution in [-0.4, -0.2) is 31.6 Å². The number of nitrogens with zero attached hydrogens (tertiary/aromatic N) is 1. The van der Waals surface area contributed by atoms with Crippen LogP contribution in [0.15, 0.2) is 53.0 Å². The van der Waals surface area contributed by atoms with Crippen LogP contribution in [0.2, 0.25) is 5.02 Å². The summed E-state index contributed by atoms with van der Waals surface area (Å²) in [6, 6.07) is 13.3. The Hall–Kier alpha value is -1.82. The number of halogens is 2. The lowest BCUT2D eigenvalue weighted by Crippen LogP contribution is -2.30. The van der Waals surface area contributed by atoms with Crippen molar-refractivity contribution in [3.8, 4) is 0 Å². The Morgan fingerprint density at radius 2 is 1.96 bits per heavy atom. The largest absolute Gasteiger partial charge is 0.398 e. The molecule has 0 saturated carbocycles. The highest BCUT2D eigenvalue weighted by Gasteiger charge is 2.23. The summed E-state index contributed by atoms with van der Waals surface area (Å²) in [6.45, 7) is 3.44. The lowest BCUT2D eigenvalue weighted by atomic mass is 9.92. The first-order valence-corrected chi connectivity index (χ1v) is 9.88. The molecule has 0 aromatic heterocycles. The molecule has 0 radical (unpaired) electrons. The van der Waals surface area contributed by atoms with E-state index >= 15 is 0 Å². The van der Waals surface area contributed by atoms with E-state index in [1.54, 1.807) is 12.0 Å². The second-order valence-corrected chi connectivity index (χ2v) is 7.44. The number of ether oxygens (including phenoxy) is 1. The lowest BCUT2D eigenvalue weighted by Gasteiger charge is -2.32. The van der Waals surface area contributed by atoms with Gasteiger partial charge in [-0.15, -0.1) is 0 Å². The number of rotatable bonds is 4. The molecule has 0 aliphatic carbocycles. The van der Waals surface area contributed by atoms with Gasteiger partial charge in [0.05, 0.1) is 6.04 Å². The maximum absolute atomic E-state index is 11.4. The number of hydrogen-bond acceptors (Lipinski definition) is 3. The second-order valence-electron chi connectivity index (χ2n) is 6.09. The minimum absolute atomic E-state index is 0.105. The molecular formula is C21H24BrClN2O2. The van der Waals surface area contributed by atoms with Gasteiger partial charge in [0, 0.05) is 41.0 Å². The van der Waals surface area contributed by atoms with Gasteiger partial charge in [0.2, 0.25) is 6.41 Å². The number of anilines is 1. The van der Waals surface area contributed by atoms with E-state index < -0.39 is 0 Å². The molecule has 2 aromatic carbocycles. The van der Waals surface area contributed by atoms with E-state index in [0.717, 1.165) is 46.3 Å². The minimum Gasteiger partial charge on any atom is -0.398 e. The van der Waals surface area contributed by atoms with Gasteiger partial charge in [-0.25, -0.2) is 0 Å². The summed E-state index contributed by atoms with van der Waals surface area (Å²) in [7, 11) is 1.68. The third-order valence-corrected chi connectivity index (χ3v) is 5.10. The summed E-state index contributed by atoms with van der Waals surface area (Å²) in [5.74, 6) is 0. The van der Waals surface area contributed by atoms with Crippen molar-refractivity contribution in [2.75, 3.05) is 26.0 Å². The predicted octanol–water partition coefficient (Wildman–Crippen LogP) is 5.32. The highest BCUT2D eigenvalue weighted by atomic mass is 79.9. The predicted molar refractivity (Wildman–Crippen MR) is 116 cm³/mol. The van der Waals surface area contributed by atoms with Gasteiger partial charge >= 0.3 is 0 Å². The molecule has 6 heteroatoms. The zero-order valence-electron chi connectivity index (χ0n) is 15.5. The number of hydrogen-bond donors (Lipinski definition) is 1. The highest BCUT2D eigenvalue weighted by Crippen LogP contribution is 2.36. The SMILES string of the molecule is CCOC.Nc1ccc(Br)cc1C1=CC(c2ccc(Cl)cc2)N(C=O)CC1. The molecule has 0 saturated heterocycles. The van der Waals surface area contributed by atoms with Gasteiger partial charge < -0.3 is 15.4 Å². The molecule has 1 aliphatic rings. The van der Waals surface area contributed by atoms with Crippen molar-refractivity contribution in [1.29, 1.82) is 0 Å². The Labute approximate surface area is 174 Å². The van der Waals surface area contributed by atoms with Gasteiger partial charge in [-0.3, -0.25) is 4.79 Å². The lowest BCUT2D eigenvalue weighted by molar-refractivity contribution is -0.119. The Balaban J connectivity index is 0.000000596. The monoisotopic (exact) mass is 450 g/mol. The van der Waals surface area contributed by atoms with Gasteiger partial charge in [-0.05, 0) is 54.8 Å². The molecule has 1 aliphatic heterocycles. The van der Waals surface area contributed by atoms with Gasteiger partial charge in [0.25, 0.3) is 0 Å². The maximum Gasteiger partial charge on any atom is 0.210 e. The molecule has 144 valence electrons. The Bertz CT molecular complexity index is 791. The number of nitrogen functional groups attached to an aromatic ring is 1. The van der Waals surface area contributed by atoms with Gasteiger partial charge in [-0.2, -0.15) is 0 Å². The molecule has 0 spiro atoms. The molecular weight excluding hydrogens is 428 g/mol. The third-order valence-electron chi connectivity index (χ3n) is 4.35. The normalized spacial score (nSPS) is 16.2. The van der Waals surface area contributed by atoms with Crippen molar-refractivity contribution in [2.24, 2.45) is 0 Å².